The van der Waals surface area contributed by atoms with Crippen LogP contribution in [0.1, 0.15) is 50.2 Å². The Labute approximate surface area is 177 Å². The van der Waals surface area contributed by atoms with Crippen LogP contribution in [0.25, 0.3) is 0 Å². The second-order valence-corrected chi connectivity index (χ2v) is 7.77. The maximum atomic E-state index is 12.8. The lowest BCUT2D eigenvalue weighted by molar-refractivity contribution is 0.0941. The van der Waals surface area contributed by atoms with Crippen molar-refractivity contribution in [3.63, 3.8) is 0 Å². The van der Waals surface area contributed by atoms with E-state index in [4.69, 9.17) is 0 Å². The number of aryl methyl sites for hydroxylation is 2. The summed E-state index contributed by atoms with van der Waals surface area (Å²) in [6.07, 6.45) is 3.86. The van der Waals surface area contributed by atoms with Gasteiger partial charge in [0.05, 0.1) is 0 Å². The van der Waals surface area contributed by atoms with Gasteiger partial charge in [-0.2, -0.15) is 0 Å². The minimum atomic E-state index is -0.0748. The first-order valence-electron chi connectivity index (χ1n) is 10.5. The van der Waals surface area contributed by atoms with Crippen molar-refractivity contribution in [1.82, 2.24) is 10.6 Å². The lowest BCUT2D eigenvalue weighted by atomic mass is 9.99. The minimum Gasteiger partial charge on any atom is -0.349 e. The van der Waals surface area contributed by atoms with E-state index in [1.165, 1.54) is 5.56 Å². The lowest BCUT2D eigenvalue weighted by Crippen LogP contribution is -2.26. The molecule has 0 aliphatic heterocycles. The van der Waals surface area contributed by atoms with Gasteiger partial charge in [0.25, 0.3) is 11.8 Å². The normalized spacial score (nSPS) is 12.9. The number of amides is 2. The second-order valence-electron chi connectivity index (χ2n) is 7.77. The van der Waals surface area contributed by atoms with Gasteiger partial charge in [0.1, 0.15) is 0 Å². The number of hydrogen-bond acceptors (Lipinski definition) is 2. The van der Waals surface area contributed by atoms with Crippen LogP contribution in [0.3, 0.4) is 0 Å². The van der Waals surface area contributed by atoms with Crippen molar-refractivity contribution in [2.75, 3.05) is 0 Å². The van der Waals surface area contributed by atoms with Gasteiger partial charge in [0, 0.05) is 23.7 Å². The second kappa shape index (κ2) is 9.40. The quantitative estimate of drug-likeness (QED) is 0.595. The number of nitrogens with one attached hydrogen (secondary N) is 2. The average molecular weight is 399 g/mol. The maximum absolute atomic E-state index is 12.8. The Hall–Kier alpha value is -3.40. The van der Waals surface area contributed by atoms with Crippen LogP contribution >= 0.6 is 0 Å². The van der Waals surface area contributed by atoms with E-state index in [1.54, 1.807) is 0 Å². The molecular formula is C26H26N2O2. The van der Waals surface area contributed by atoms with Crippen molar-refractivity contribution in [2.45, 2.75) is 38.3 Å². The zero-order valence-electron chi connectivity index (χ0n) is 16.9. The fourth-order valence-electron chi connectivity index (χ4n) is 3.43. The average Bonchev–Trinajstić information content (AvgIpc) is 3.61. The summed E-state index contributed by atoms with van der Waals surface area (Å²) >= 11 is 0. The highest BCUT2D eigenvalue weighted by Gasteiger charge is 2.23. The van der Waals surface area contributed by atoms with E-state index in [-0.39, 0.29) is 11.8 Å². The Balaban J connectivity index is 1.34. The van der Waals surface area contributed by atoms with Gasteiger partial charge in [-0.05, 0) is 60.6 Å². The molecule has 0 aromatic heterocycles. The third kappa shape index (κ3) is 5.35. The summed E-state index contributed by atoms with van der Waals surface area (Å²) in [7, 11) is 0. The van der Waals surface area contributed by atoms with E-state index in [2.05, 4.69) is 22.8 Å². The molecule has 30 heavy (non-hydrogen) atoms. The van der Waals surface area contributed by atoms with Gasteiger partial charge in [-0.3, -0.25) is 9.59 Å². The number of rotatable bonds is 8. The molecule has 0 radical (unpaired) electrons. The molecule has 0 spiro atoms. The van der Waals surface area contributed by atoms with Gasteiger partial charge in [-0.1, -0.05) is 60.7 Å². The number of carbonyl (C=O) groups excluding carboxylic acids is 2. The summed E-state index contributed by atoms with van der Waals surface area (Å²) in [5.41, 5.74) is 4.65. The van der Waals surface area contributed by atoms with Crippen LogP contribution in [0.2, 0.25) is 0 Å². The van der Waals surface area contributed by atoms with E-state index in [1.807, 2.05) is 66.7 Å². The molecule has 1 aliphatic carbocycles. The first kappa shape index (κ1) is 19.9. The van der Waals surface area contributed by atoms with Gasteiger partial charge in [0.15, 0.2) is 0 Å². The van der Waals surface area contributed by atoms with Crippen molar-refractivity contribution >= 4 is 11.8 Å². The maximum Gasteiger partial charge on any atom is 0.251 e. The molecule has 2 N–H and O–H groups in total. The molecular weight excluding hydrogens is 372 g/mol. The van der Waals surface area contributed by atoms with E-state index in [9.17, 15) is 9.59 Å². The Morgan fingerprint density at radius 2 is 1.43 bits per heavy atom. The Morgan fingerprint density at radius 3 is 2.17 bits per heavy atom. The summed E-state index contributed by atoms with van der Waals surface area (Å²) in [4.78, 5) is 24.9. The molecule has 4 rings (SSSR count). The highest BCUT2D eigenvalue weighted by atomic mass is 16.2. The third-order valence-corrected chi connectivity index (χ3v) is 5.37. The number of benzene rings is 3. The van der Waals surface area contributed by atoms with E-state index >= 15 is 0 Å². The minimum absolute atomic E-state index is 0.0274. The first-order chi connectivity index (χ1) is 14.7. The fraction of sp³-hybridized carbons (Fsp3) is 0.231. The van der Waals surface area contributed by atoms with Crippen molar-refractivity contribution in [3.05, 3.63) is 107 Å². The van der Waals surface area contributed by atoms with Gasteiger partial charge in [0.2, 0.25) is 0 Å². The predicted octanol–water partition coefficient (Wildman–Crippen LogP) is 4.29. The van der Waals surface area contributed by atoms with Crippen LogP contribution in [0.4, 0.5) is 0 Å². The summed E-state index contributed by atoms with van der Waals surface area (Å²) in [5, 5.41) is 5.99. The van der Waals surface area contributed by atoms with Crippen LogP contribution in [0.15, 0.2) is 78.9 Å². The fourth-order valence-corrected chi connectivity index (χ4v) is 3.43. The molecule has 4 nitrogen and oxygen atoms in total. The molecule has 0 saturated heterocycles. The standard InChI is InChI=1S/C26H26N2O2/c29-25(28-23-16-17-23)22-14-11-20(12-15-22)18-27-26(30)24-9-5-4-8-21(24)13-10-19-6-2-1-3-7-19/h1-9,11-12,14-15,23H,10,13,16-18H2,(H,27,30)(H,28,29). The third-order valence-electron chi connectivity index (χ3n) is 5.37. The molecule has 0 bridgehead atoms. The van der Waals surface area contributed by atoms with Gasteiger partial charge >= 0.3 is 0 Å². The Morgan fingerprint density at radius 1 is 0.733 bits per heavy atom. The molecule has 152 valence electrons. The molecule has 0 heterocycles. The van der Waals surface area contributed by atoms with Crippen LogP contribution < -0.4 is 10.6 Å². The van der Waals surface area contributed by atoms with Crippen molar-refractivity contribution in [3.8, 4) is 0 Å². The predicted molar refractivity (Wildman–Crippen MR) is 118 cm³/mol. The summed E-state index contributed by atoms with van der Waals surface area (Å²) in [6, 6.07) is 25.8. The van der Waals surface area contributed by atoms with E-state index in [0.717, 1.165) is 36.8 Å². The molecule has 3 aromatic carbocycles. The summed E-state index contributed by atoms with van der Waals surface area (Å²) in [5.74, 6) is -0.102. The zero-order valence-corrected chi connectivity index (χ0v) is 16.9. The Bertz CT molecular complexity index is 1010. The Kier molecular flexibility index (Phi) is 6.23. The summed E-state index contributed by atoms with van der Waals surface area (Å²) in [6.45, 7) is 0.427. The van der Waals surface area contributed by atoms with Gasteiger partial charge in [-0.25, -0.2) is 0 Å². The highest BCUT2D eigenvalue weighted by molar-refractivity contribution is 5.96. The molecule has 0 atom stereocenters. The van der Waals surface area contributed by atoms with Crippen molar-refractivity contribution < 1.29 is 9.59 Å². The smallest absolute Gasteiger partial charge is 0.251 e. The first-order valence-corrected chi connectivity index (χ1v) is 10.5. The van der Waals surface area contributed by atoms with Crippen LogP contribution in [0, 0.1) is 0 Å². The molecule has 1 fully saturated rings. The largest absolute Gasteiger partial charge is 0.349 e. The molecule has 1 saturated carbocycles. The SMILES string of the molecule is O=C(NC1CC1)c1ccc(CNC(=O)c2ccccc2CCc2ccccc2)cc1. The van der Waals surface area contributed by atoms with Gasteiger partial charge in [-0.15, -0.1) is 0 Å². The molecule has 1 aliphatic rings. The van der Waals surface area contributed by atoms with E-state index in [0.29, 0.717) is 23.7 Å². The van der Waals surface area contributed by atoms with E-state index < -0.39 is 0 Å². The molecule has 4 heteroatoms. The molecule has 2 amide bonds. The number of hydrogen-bond donors (Lipinski definition) is 2. The van der Waals surface area contributed by atoms with Gasteiger partial charge < -0.3 is 10.6 Å². The topological polar surface area (TPSA) is 58.2 Å². The van der Waals surface area contributed by atoms with Crippen molar-refractivity contribution in [2.24, 2.45) is 0 Å². The molecule has 0 unspecified atom stereocenters. The zero-order chi connectivity index (χ0) is 20.8. The van der Waals surface area contributed by atoms with Crippen LogP contribution in [-0.4, -0.2) is 17.9 Å². The monoisotopic (exact) mass is 398 g/mol. The molecule has 3 aromatic rings. The summed E-state index contributed by atoms with van der Waals surface area (Å²) < 4.78 is 0. The van der Waals surface area contributed by atoms with Crippen LogP contribution in [-0.2, 0) is 19.4 Å². The van der Waals surface area contributed by atoms with Crippen molar-refractivity contribution in [1.29, 1.82) is 0 Å². The highest BCUT2D eigenvalue weighted by Crippen LogP contribution is 2.19. The lowest BCUT2D eigenvalue weighted by Gasteiger charge is -2.11. The number of carbonyl (C=O) groups is 2. The van der Waals surface area contributed by atoms with Crippen LogP contribution in [0.5, 0.6) is 0 Å².